The van der Waals surface area contributed by atoms with Crippen molar-refractivity contribution in [2.24, 2.45) is 0 Å². The molecule has 1 aromatic rings. The van der Waals surface area contributed by atoms with E-state index < -0.39 is 78.4 Å². The lowest BCUT2D eigenvalue weighted by molar-refractivity contribution is -0.207. The number of nitrogens with zero attached hydrogens (tertiary/aromatic N) is 1. The van der Waals surface area contributed by atoms with Crippen LogP contribution in [-0.2, 0) is 45.2 Å². The van der Waals surface area contributed by atoms with E-state index in [1.54, 1.807) is 12.1 Å². The number of hydrogen-bond acceptors (Lipinski definition) is 13. The van der Waals surface area contributed by atoms with Crippen molar-refractivity contribution in [1.29, 1.82) is 0 Å². The minimum atomic E-state index is -2.11. The van der Waals surface area contributed by atoms with E-state index in [2.05, 4.69) is 9.64 Å². The molecule has 15 heteroatoms. The molecule has 2 unspecified atom stereocenters. The molecule has 0 aromatic heterocycles. The Labute approximate surface area is 244 Å². The summed E-state index contributed by atoms with van der Waals surface area (Å²) in [6.45, 7) is 1.69. The van der Waals surface area contributed by atoms with Crippen LogP contribution >= 0.6 is 0 Å². The van der Waals surface area contributed by atoms with Gasteiger partial charge in [-0.15, -0.1) is 0 Å². The number of carbonyl (C=O) groups is 4. The maximum Gasteiger partial charge on any atom is 0.345 e. The SMILES string of the molecule is C[C@H](OC(O)[C@@H](O)CC(=O)OC1=CC[C@@]2(O)[C@H]3Cc4ccc(O)c5c4C2(CCN3C)[C@H]1O5)C(=O)O[C@@H](CC(=O)O)C(=O)O. The monoisotopic (exact) mass is 607 g/mol. The van der Waals surface area contributed by atoms with Crippen molar-refractivity contribution in [1.82, 2.24) is 4.90 Å². The second-order valence-electron chi connectivity index (χ2n) is 11.4. The van der Waals surface area contributed by atoms with Gasteiger partial charge in [-0.1, -0.05) is 6.07 Å². The van der Waals surface area contributed by atoms with Gasteiger partial charge >= 0.3 is 23.9 Å². The van der Waals surface area contributed by atoms with Crippen LogP contribution in [0.1, 0.15) is 43.7 Å². The number of aliphatic hydroxyl groups excluding tert-OH is 2. The van der Waals surface area contributed by atoms with Gasteiger partial charge < -0.3 is 54.5 Å². The molecule has 8 atom stereocenters. The van der Waals surface area contributed by atoms with Gasteiger partial charge in [0.05, 0.1) is 23.9 Å². The lowest BCUT2D eigenvalue weighted by Crippen LogP contribution is -2.74. The first-order valence-electron chi connectivity index (χ1n) is 13.7. The molecule has 15 nitrogen and oxygen atoms in total. The smallest absolute Gasteiger partial charge is 0.345 e. The van der Waals surface area contributed by atoms with Gasteiger partial charge in [0.15, 0.2) is 30.0 Å². The molecule has 2 heterocycles. The summed E-state index contributed by atoms with van der Waals surface area (Å²) < 4.78 is 21.3. The molecule has 1 fully saturated rings. The maximum atomic E-state index is 12.9. The molecule has 1 saturated heterocycles. The Hall–Kier alpha value is -3.76. The summed E-state index contributed by atoms with van der Waals surface area (Å²) in [4.78, 5) is 49.0. The Morgan fingerprint density at radius 2 is 1.88 bits per heavy atom. The van der Waals surface area contributed by atoms with Gasteiger partial charge in [-0.25, -0.2) is 9.59 Å². The van der Waals surface area contributed by atoms with Crippen molar-refractivity contribution >= 4 is 23.9 Å². The standard InChI is InChI=1S/C28H33NO14/c1-12(25(37)42-17(24(35)36)11-19(32)33)40-26(38)15(31)10-20(34)41-16-5-6-28(39)18-9-13-3-4-14(30)22-21(13)27(28,23(16)43-22)7-8-29(18)2/h3-5,12,15,17-18,23,26,30-31,38-39H,6-11H2,1-2H3,(H,32,33)(H,35,36)/t12-,15-,17-,18+,23-,26?,27?,28+/m0/s1. The molecule has 2 aliphatic heterocycles. The van der Waals surface area contributed by atoms with Gasteiger partial charge in [0, 0.05) is 18.0 Å². The molecule has 43 heavy (non-hydrogen) atoms. The fourth-order valence-electron chi connectivity index (χ4n) is 6.81. The fraction of sp³-hybridized carbons (Fsp3) is 0.571. The number of phenolic OH excluding ortho intramolecular Hbond substituents is 1. The van der Waals surface area contributed by atoms with E-state index in [0.717, 1.165) is 12.5 Å². The van der Waals surface area contributed by atoms with Crippen LogP contribution in [0.3, 0.4) is 0 Å². The molecule has 1 spiro atoms. The third-order valence-electron chi connectivity index (χ3n) is 8.86. The predicted molar refractivity (Wildman–Crippen MR) is 140 cm³/mol. The third kappa shape index (κ3) is 5.00. The van der Waals surface area contributed by atoms with Crippen LogP contribution in [0.5, 0.6) is 11.5 Å². The van der Waals surface area contributed by atoms with Crippen LogP contribution in [0, 0.1) is 0 Å². The van der Waals surface area contributed by atoms with E-state index in [4.69, 9.17) is 24.4 Å². The Kier molecular flexibility index (Phi) is 7.89. The van der Waals surface area contributed by atoms with Crippen molar-refractivity contribution in [3.8, 4) is 11.5 Å². The highest BCUT2D eigenvalue weighted by molar-refractivity contribution is 5.83. The van der Waals surface area contributed by atoms with Crippen molar-refractivity contribution in [2.75, 3.05) is 13.6 Å². The molecular formula is C28H33NO14. The number of ether oxygens (including phenoxy) is 4. The first-order chi connectivity index (χ1) is 20.2. The number of carbonyl (C=O) groups excluding carboxylic acids is 2. The number of aliphatic carboxylic acids is 2. The Morgan fingerprint density at radius 3 is 2.56 bits per heavy atom. The molecule has 0 amide bonds. The third-order valence-corrected chi connectivity index (χ3v) is 8.86. The van der Waals surface area contributed by atoms with E-state index in [-0.39, 0.29) is 29.7 Å². The second kappa shape index (κ2) is 11.1. The molecular weight excluding hydrogens is 574 g/mol. The van der Waals surface area contributed by atoms with Crippen LogP contribution in [0.2, 0.25) is 0 Å². The average molecular weight is 608 g/mol. The van der Waals surface area contributed by atoms with E-state index in [0.29, 0.717) is 24.9 Å². The zero-order valence-electron chi connectivity index (χ0n) is 23.3. The summed E-state index contributed by atoms with van der Waals surface area (Å²) in [6.07, 6.45) is -7.71. The van der Waals surface area contributed by atoms with Crippen LogP contribution in [0.25, 0.3) is 0 Å². The van der Waals surface area contributed by atoms with Crippen LogP contribution in [-0.4, -0.2) is 115 Å². The predicted octanol–water partition coefficient (Wildman–Crippen LogP) is -0.841. The van der Waals surface area contributed by atoms with Gasteiger partial charge in [-0.2, -0.15) is 0 Å². The zero-order chi connectivity index (χ0) is 31.4. The topological polar surface area (TPSA) is 230 Å². The minimum absolute atomic E-state index is 0.0825. The summed E-state index contributed by atoms with van der Waals surface area (Å²) in [6, 6.07) is 3.08. The number of phenols is 1. The van der Waals surface area contributed by atoms with Gasteiger partial charge in [-0.05, 0) is 51.1 Å². The Balaban J connectivity index is 1.26. The minimum Gasteiger partial charge on any atom is -0.504 e. The first-order valence-corrected chi connectivity index (χ1v) is 13.7. The highest BCUT2D eigenvalue weighted by Crippen LogP contribution is 2.65. The molecule has 0 radical (unpaired) electrons. The second-order valence-corrected chi connectivity index (χ2v) is 11.4. The summed E-state index contributed by atoms with van der Waals surface area (Å²) >= 11 is 0. The number of rotatable bonds is 11. The number of likely N-dealkylation sites (tertiary alicyclic amines) is 1. The van der Waals surface area contributed by atoms with E-state index in [9.17, 15) is 39.6 Å². The van der Waals surface area contributed by atoms with Gasteiger partial charge in [0.25, 0.3) is 0 Å². The van der Waals surface area contributed by atoms with Crippen molar-refractivity contribution in [3.63, 3.8) is 0 Å². The largest absolute Gasteiger partial charge is 0.504 e. The van der Waals surface area contributed by atoms with Gasteiger partial charge in [-0.3, -0.25) is 9.59 Å². The first kappa shape index (κ1) is 30.7. The van der Waals surface area contributed by atoms with Crippen LogP contribution < -0.4 is 4.74 Å². The van der Waals surface area contributed by atoms with E-state index >= 15 is 0 Å². The van der Waals surface area contributed by atoms with Gasteiger partial charge in [0.2, 0.25) is 6.10 Å². The van der Waals surface area contributed by atoms with Gasteiger partial charge in [0.1, 0.15) is 11.9 Å². The van der Waals surface area contributed by atoms with Crippen molar-refractivity contribution in [2.45, 2.75) is 86.8 Å². The summed E-state index contributed by atoms with van der Waals surface area (Å²) in [5.74, 6) is -5.32. The van der Waals surface area contributed by atoms with E-state index in [1.165, 1.54) is 6.07 Å². The van der Waals surface area contributed by atoms with Crippen molar-refractivity contribution < 1.29 is 68.8 Å². The molecule has 0 saturated carbocycles. The number of benzene rings is 1. The maximum absolute atomic E-state index is 12.9. The summed E-state index contributed by atoms with van der Waals surface area (Å²) in [5.41, 5.74) is -0.651. The highest BCUT2D eigenvalue weighted by Gasteiger charge is 2.72. The molecule has 4 aliphatic rings. The highest BCUT2D eigenvalue weighted by atomic mass is 16.6. The molecule has 2 aliphatic carbocycles. The average Bonchev–Trinajstić information content (AvgIpc) is 3.29. The lowest BCUT2D eigenvalue weighted by Gasteiger charge is -2.61. The molecule has 6 N–H and O–H groups in total. The number of carboxylic acid groups (broad SMARTS) is 2. The van der Waals surface area contributed by atoms with Crippen molar-refractivity contribution in [3.05, 3.63) is 35.1 Å². The lowest BCUT2D eigenvalue weighted by atomic mass is 9.50. The quantitative estimate of drug-likeness (QED) is 0.133. The normalized spacial score (nSPS) is 29.7. The number of likely N-dealkylation sites (N-methyl/N-ethyl adjacent to an activating group) is 1. The Morgan fingerprint density at radius 1 is 1.16 bits per heavy atom. The van der Waals surface area contributed by atoms with Crippen LogP contribution in [0.4, 0.5) is 0 Å². The number of aromatic hydroxyl groups is 1. The number of carboxylic acids is 2. The summed E-state index contributed by atoms with van der Waals surface area (Å²) in [5, 5.41) is 61.1. The molecule has 5 rings (SSSR count). The number of esters is 2. The molecule has 1 aromatic carbocycles. The Bertz CT molecular complexity index is 1380. The molecule has 2 bridgehead atoms. The summed E-state index contributed by atoms with van der Waals surface area (Å²) in [7, 11) is 1.93. The number of aliphatic hydroxyl groups is 3. The molecule has 234 valence electrons. The number of piperidine rings is 1. The van der Waals surface area contributed by atoms with E-state index in [1.807, 2.05) is 7.05 Å². The van der Waals surface area contributed by atoms with Crippen LogP contribution in [0.15, 0.2) is 24.0 Å². The number of hydrogen-bond donors (Lipinski definition) is 6. The zero-order valence-corrected chi connectivity index (χ0v) is 23.3. The fourth-order valence-corrected chi connectivity index (χ4v) is 6.81.